The first-order valence-electron chi connectivity index (χ1n) is 11.1. The van der Waals surface area contributed by atoms with E-state index in [0.29, 0.717) is 22.3 Å². The van der Waals surface area contributed by atoms with E-state index >= 15 is 0 Å². The first-order valence-corrected chi connectivity index (χ1v) is 11.1. The third kappa shape index (κ3) is 4.79. The molecule has 0 amide bonds. The van der Waals surface area contributed by atoms with Gasteiger partial charge in [0.25, 0.3) is 0 Å². The molecule has 0 aliphatic carbocycles. The van der Waals surface area contributed by atoms with Gasteiger partial charge in [-0.2, -0.15) is 0 Å². The summed E-state index contributed by atoms with van der Waals surface area (Å²) in [5.74, 6) is -4.75. The highest BCUT2D eigenvalue weighted by Gasteiger charge is 2.54. The molecule has 1 aromatic heterocycles. The lowest BCUT2D eigenvalue weighted by atomic mass is 9.64. The van der Waals surface area contributed by atoms with Gasteiger partial charge in [0.2, 0.25) is 0 Å². The van der Waals surface area contributed by atoms with Crippen LogP contribution in [-0.2, 0) is 10.4 Å². The summed E-state index contributed by atoms with van der Waals surface area (Å²) in [5.41, 5.74) is -0.428. The Bertz CT molecular complexity index is 1150. The molecule has 0 radical (unpaired) electrons. The number of pyridine rings is 1. The number of hydrogen-bond acceptors (Lipinski definition) is 4. The van der Waals surface area contributed by atoms with Crippen molar-refractivity contribution < 1.29 is 24.5 Å². The minimum atomic E-state index is -2.15. The maximum atomic E-state index is 14.2. The number of aliphatic carboxylic acids is 1. The molecule has 5 nitrogen and oxygen atoms in total. The molecule has 0 fully saturated rings. The molecular weight excluding hydrogens is 433 g/mol. The normalized spacial score (nSPS) is 15.9. The lowest BCUT2D eigenvalue weighted by molar-refractivity contribution is -0.163. The fourth-order valence-corrected chi connectivity index (χ4v) is 4.66. The van der Waals surface area contributed by atoms with Crippen LogP contribution in [0.2, 0.25) is 0 Å². The van der Waals surface area contributed by atoms with E-state index in [1.54, 1.807) is 63.2 Å². The molecule has 4 unspecified atom stereocenters. The molecule has 3 N–H and O–H groups in total. The summed E-state index contributed by atoms with van der Waals surface area (Å²) in [7, 11) is 0. The van der Waals surface area contributed by atoms with Crippen LogP contribution >= 0.6 is 0 Å². The van der Waals surface area contributed by atoms with Crippen LogP contribution in [0.25, 0.3) is 5.57 Å². The number of hydrogen-bond donors (Lipinski definition) is 3. The Labute approximate surface area is 199 Å². The zero-order valence-corrected chi connectivity index (χ0v) is 19.5. The van der Waals surface area contributed by atoms with Gasteiger partial charge in [0.1, 0.15) is 11.4 Å². The van der Waals surface area contributed by atoms with E-state index in [4.69, 9.17) is 0 Å². The second kappa shape index (κ2) is 10.3. The standard InChI is InChI=1S/C28H30FNO4/c1-17(2)24(27(32)33)28(34,23-12-8-9-15-30-23)25(21-13-14-22(29)18(3)16-21)26(31)19(4)20-10-6-5-7-11-20/h5-17,24-26,31,34H,4H2,1-3H3,(H,32,33). The zero-order valence-electron chi connectivity index (χ0n) is 19.5. The summed E-state index contributed by atoms with van der Waals surface area (Å²) in [6, 6.07) is 18.0. The van der Waals surface area contributed by atoms with E-state index in [1.807, 2.05) is 6.07 Å². The highest BCUT2D eigenvalue weighted by Crippen LogP contribution is 2.49. The van der Waals surface area contributed by atoms with Gasteiger partial charge in [-0.3, -0.25) is 9.78 Å². The van der Waals surface area contributed by atoms with E-state index in [9.17, 15) is 24.5 Å². The van der Waals surface area contributed by atoms with Gasteiger partial charge in [-0.05, 0) is 53.3 Å². The molecular formula is C28H30FNO4. The summed E-state index contributed by atoms with van der Waals surface area (Å²) < 4.78 is 14.2. The second-order valence-corrected chi connectivity index (χ2v) is 8.92. The number of halogens is 1. The maximum absolute atomic E-state index is 14.2. The molecule has 0 spiro atoms. The SMILES string of the molecule is C=C(c1ccccc1)C(O)C(c1ccc(F)c(C)c1)C(O)(c1ccccn1)C(C(=O)O)C(C)C. The maximum Gasteiger partial charge on any atom is 0.310 e. The Morgan fingerprint density at radius 2 is 1.71 bits per heavy atom. The number of benzene rings is 2. The molecule has 4 atom stereocenters. The van der Waals surface area contributed by atoms with Gasteiger partial charge in [0.15, 0.2) is 0 Å². The molecule has 6 heteroatoms. The molecule has 34 heavy (non-hydrogen) atoms. The molecule has 0 saturated heterocycles. The first-order chi connectivity index (χ1) is 16.1. The highest BCUT2D eigenvalue weighted by atomic mass is 19.1. The quantitative estimate of drug-likeness (QED) is 0.419. The average Bonchev–Trinajstić information content (AvgIpc) is 2.81. The van der Waals surface area contributed by atoms with Gasteiger partial charge in [-0.1, -0.05) is 69.0 Å². The van der Waals surface area contributed by atoms with Crippen LogP contribution in [-0.4, -0.2) is 32.4 Å². The number of carboxylic acid groups (broad SMARTS) is 1. The van der Waals surface area contributed by atoms with E-state index in [2.05, 4.69) is 11.6 Å². The molecule has 3 aromatic rings. The molecule has 178 valence electrons. The molecule has 3 rings (SSSR count). The third-order valence-corrected chi connectivity index (χ3v) is 6.31. The van der Waals surface area contributed by atoms with Crippen molar-refractivity contribution in [3.05, 3.63) is 108 Å². The second-order valence-electron chi connectivity index (χ2n) is 8.92. The number of aromatic nitrogens is 1. The largest absolute Gasteiger partial charge is 0.481 e. The van der Waals surface area contributed by atoms with Crippen LogP contribution in [0.15, 0.2) is 79.5 Å². The van der Waals surface area contributed by atoms with Gasteiger partial charge in [0.05, 0.1) is 17.7 Å². The minimum absolute atomic E-state index is 0.1000. The van der Waals surface area contributed by atoms with E-state index < -0.39 is 41.2 Å². The van der Waals surface area contributed by atoms with Crippen molar-refractivity contribution in [3.63, 3.8) is 0 Å². The van der Waals surface area contributed by atoms with Crippen molar-refractivity contribution in [2.24, 2.45) is 11.8 Å². The van der Waals surface area contributed by atoms with Crippen LogP contribution in [0.1, 0.15) is 42.1 Å². The summed E-state index contributed by atoms with van der Waals surface area (Å²) in [6.07, 6.45) is 0.0603. The topological polar surface area (TPSA) is 90.7 Å². The molecule has 0 aliphatic heterocycles. The molecule has 2 aromatic carbocycles. The summed E-state index contributed by atoms with van der Waals surface area (Å²) >= 11 is 0. The Kier molecular flexibility index (Phi) is 7.64. The fraction of sp³-hybridized carbons (Fsp3) is 0.286. The van der Waals surface area contributed by atoms with Crippen molar-refractivity contribution in [3.8, 4) is 0 Å². The Hall–Kier alpha value is -3.35. The molecule has 1 heterocycles. The Morgan fingerprint density at radius 1 is 1.06 bits per heavy atom. The van der Waals surface area contributed by atoms with Crippen LogP contribution < -0.4 is 0 Å². The molecule has 0 saturated carbocycles. The summed E-state index contributed by atoms with van der Waals surface area (Å²) in [6.45, 7) is 9.02. The van der Waals surface area contributed by atoms with E-state index in [1.165, 1.54) is 24.4 Å². The smallest absolute Gasteiger partial charge is 0.310 e. The van der Waals surface area contributed by atoms with Gasteiger partial charge in [0, 0.05) is 12.1 Å². The van der Waals surface area contributed by atoms with Crippen molar-refractivity contribution in [2.75, 3.05) is 0 Å². The van der Waals surface area contributed by atoms with Crippen LogP contribution in [0.4, 0.5) is 4.39 Å². The third-order valence-electron chi connectivity index (χ3n) is 6.31. The predicted molar refractivity (Wildman–Crippen MR) is 129 cm³/mol. The number of aliphatic hydroxyl groups is 2. The fourth-order valence-electron chi connectivity index (χ4n) is 4.66. The molecule has 0 aliphatic rings. The van der Waals surface area contributed by atoms with Gasteiger partial charge >= 0.3 is 5.97 Å². The van der Waals surface area contributed by atoms with Crippen molar-refractivity contribution >= 4 is 11.5 Å². The monoisotopic (exact) mass is 463 g/mol. The average molecular weight is 464 g/mol. The number of nitrogens with zero attached hydrogens (tertiary/aromatic N) is 1. The van der Waals surface area contributed by atoms with E-state index in [-0.39, 0.29) is 5.69 Å². The summed E-state index contributed by atoms with van der Waals surface area (Å²) in [5, 5.41) is 34.3. The first kappa shape index (κ1) is 25.3. The van der Waals surface area contributed by atoms with Gasteiger partial charge in [-0.15, -0.1) is 0 Å². The van der Waals surface area contributed by atoms with Crippen molar-refractivity contribution in [2.45, 2.75) is 38.4 Å². The Morgan fingerprint density at radius 3 is 2.24 bits per heavy atom. The van der Waals surface area contributed by atoms with Gasteiger partial charge in [-0.25, -0.2) is 4.39 Å². The van der Waals surface area contributed by atoms with Crippen LogP contribution in [0.3, 0.4) is 0 Å². The molecule has 0 bridgehead atoms. The zero-order chi connectivity index (χ0) is 25.0. The Balaban J connectivity index is 2.33. The summed E-state index contributed by atoms with van der Waals surface area (Å²) in [4.78, 5) is 16.8. The van der Waals surface area contributed by atoms with Gasteiger partial charge < -0.3 is 15.3 Å². The van der Waals surface area contributed by atoms with Crippen LogP contribution in [0.5, 0.6) is 0 Å². The number of rotatable bonds is 9. The van der Waals surface area contributed by atoms with Crippen molar-refractivity contribution in [1.82, 2.24) is 4.98 Å². The lowest BCUT2D eigenvalue weighted by Crippen LogP contribution is -2.51. The highest BCUT2D eigenvalue weighted by molar-refractivity contribution is 5.74. The number of carbonyl (C=O) groups is 1. The predicted octanol–water partition coefficient (Wildman–Crippen LogP) is 4.93. The van der Waals surface area contributed by atoms with Crippen LogP contribution in [0, 0.1) is 24.6 Å². The lowest BCUT2D eigenvalue weighted by Gasteiger charge is -2.44. The minimum Gasteiger partial charge on any atom is -0.481 e. The number of aliphatic hydroxyl groups excluding tert-OH is 1. The number of carboxylic acids is 1. The van der Waals surface area contributed by atoms with E-state index in [0.717, 1.165) is 0 Å². The van der Waals surface area contributed by atoms with Crippen molar-refractivity contribution in [1.29, 1.82) is 0 Å². The number of aryl methyl sites for hydroxylation is 1.